The van der Waals surface area contributed by atoms with E-state index in [4.69, 9.17) is 16.3 Å². The summed E-state index contributed by atoms with van der Waals surface area (Å²) in [6.45, 7) is 0. The van der Waals surface area contributed by atoms with Crippen molar-refractivity contribution in [1.82, 2.24) is 24.8 Å². The molecular weight excluding hydrogens is 486 g/mol. The van der Waals surface area contributed by atoms with Crippen LogP contribution < -0.4 is 16.2 Å². The van der Waals surface area contributed by atoms with Crippen LogP contribution in [0.2, 0.25) is 5.02 Å². The van der Waals surface area contributed by atoms with Gasteiger partial charge in [0, 0.05) is 40.8 Å². The Morgan fingerprint density at radius 2 is 1.94 bits per heavy atom. The summed E-state index contributed by atoms with van der Waals surface area (Å²) >= 11 is 6.25. The monoisotopic (exact) mass is 507 g/mol. The summed E-state index contributed by atoms with van der Waals surface area (Å²) in [6.07, 6.45) is 1.41. The Kier molecular flexibility index (Phi) is 6.51. The van der Waals surface area contributed by atoms with Crippen LogP contribution >= 0.6 is 11.6 Å². The van der Waals surface area contributed by atoms with Gasteiger partial charge in [-0.15, -0.1) is 5.10 Å². The molecule has 5 rings (SSSR count). The highest BCUT2D eigenvalue weighted by Crippen LogP contribution is 2.32. The lowest BCUT2D eigenvalue weighted by molar-refractivity contribution is -0.119. The average molecular weight is 508 g/mol. The Morgan fingerprint density at radius 1 is 1.17 bits per heavy atom. The topological polar surface area (TPSA) is 136 Å². The van der Waals surface area contributed by atoms with Crippen molar-refractivity contribution >= 4 is 28.9 Å². The molecule has 36 heavy (non-hydrogen) atoms. The zero-order chi connectivity index (χ0) is 25.2. The van der Waals surface area contributed by atoms with Gasteiger partial charge in [-0.3, -0.25) is 9.59 Å². The fourth-order valence-corrected chi connectivity index (χ4v) is 4.46. The van der Waals surface area contributed by atoms with Crippen molar-refractivity contribution in [3.63, 3.8) is 0 Å². The molecule has 0 aliphatic carbocycles. The highest BCUT2D eigenvalue weighted by atomic mass is 35.5. The van der Waals surface area contributed by atoms with Gasteiger partial charge >= 0.3 is 0 Å². The largest absolute Gasteiger partial charge is 0.351 e. The Morgan fingerprint density at radius 3 is 2.67 bits per heavy atom. The van der Waals surface area contributed by atoms with Crippen molar-refractivity contribution in [2.45, 2.75) is 25.3 Å². The van der Waals surface area contributed by atoms with Gasteiger partial charge < -0.3 is 25.0 Å². The van der Waals surface area contributed by atoms with Crippen molar-refractivity contribution in [3.05, 3.63) is 82.0 Å². The maximum Gasteiger partial charge on any atom is 0.252 e. The standard InChI is InChI=1S/C24H22ClN7O4/c1-36-24(35)28-17-5-3-16(4-6-17)27-23(34)21-9-7-18-10-14(11-22(33)32(18)21)19-12-15(25)2-8-20(19)31-13-26-29-30-31/h2-6,8,10-13,21,24,28,35H,7,9H2,1H3,(H,27,34). The number of benzene rings is 2. The van der Waals surface area contributed by atoms with Crippen LogP contribution in [0.1, 0.15) is 18.2 Å². The third kappa shape index (κ3) is 4.71. The summed E-state index contributed by atoms with van der Waals surface area (Å²) in [5.41, 5.74) is 3.72. The van der Waals surface area contributed by atoms with Gasteiger partial charge in [-0.2, -0.15) is 4.68 Å². The number of hydrogen-bond donors (Lipinski definition) is 3. The fourth-order valence-electron chi connectivity index (χ4n) is 4.29. The molecule has 1 aliphatic rings. The van der Waals surface area contributed by atoms with E-state index in [-0.39, 0.29) is 11.5 Å². The second-order valence-electron chi connectivity index (χ2n) is 8.21. The van der Waals surface area contributed by atoms with E-state index < -0.39 is 12.5 Å². The third-order valence-corrected chi connectivity index (χ3v) is 6.20. The first-order valence-electron chi connectivity index (χ1n) is 11.1. The van der Waals surface area contributed by atoms with Crippen LogP contribution in [0.5, 0.6) is 0 Å². The number of nitrogens with one attached hydrogen (secondary N) is 2. The number of pyridine rings is 1. The molecular formula is C24H22ClN7O4. The maximum atomic E-state index is 13.2. The van der Waals surface area contributed by atoms with Crippen molar-refractivity contribution in [3.8, 4) is 16.8 Å². The van der Waals surface area contributed by atoms with Crippen molar-refractivity contribution in [2.75, 3.05) is 17.7 Å². The number of rotatable bonds is 7. The number of hydrogen-bond acceptors (Lipinski definition) is 8. The van der Waals surface area contributed by atoms with Crippen molar-refractivity contribution in [2.24, 2.45) is 0 Å². The molecule has 2 unspecified atom stereocenters. The van der Waals surface area contributed by atoms with Gasteiger partial charge in [-0.1, -0.05) is 11.6 Å². The maximum absolute atomic E-state index is 13.2. The number of ether oxygens (including phenoxy) is 1. The molecule has 1 aliphatic heterocycles. The normalized spacial score (nSPS) is 15.4. The first kappa shape index (κ1) is 23.7. The van der Waals surface area contributed by atoms with Crippen LogP contribution in [0.3, 0.4) is 0 Å². The van der Waals surface area contributed by atoms with Gasteiger partial charge in [0.25, 0.3) is 5.56 Å². The molecule has 11 nitrogen and oxygen atoms in total. The number of nitrogens with zero attached hydrogens (tertiary/aromatic N) is 5. The number of aromatic nitrogens is 5. The highest BCUT2D eigenvalue weighted by Gasteiger charge is 2.30. The van der Waals surface area contributed by atoms with Gasteiger partial charge in [0.05, 0.1) is 5.69 Å². The fraction of sp³-hybridized carbons (Fsp3) is 0.208. The molecule has 3 heterocycles. The highest BCUT2D eigenvalue weighted by molar-refractivity contribution is 6.31. The molecule has 0 saturated carbocycles. The molecule has 2 aromatic carbocycles. The lowest BCUT2D eigenvalue weighted by Gasteiger charge is -2.17. The summed E-state index contributed by atoms with van der Waals surface area (Å²) in [7, 11) is 1.37. The predicted molar refractivity (Wildman–Crippen MR) is 133 cm³/mol. The molecule has 0 saturated heterocycles. The van der Waals surface area contributed by atoms with E-state index in [0.717, 1.165) is 5.69 Å². The predicted octanol–water partition coefficient (Wildman–Crippen LogP) is 2.60. The number of aryl methyl sites for hydroxylation is 1. The van der Waals surface area contributed by atoms with E-state index in [2.05, 4.69) is 26.2 Å². The number of fused-ring (bicyclic) bond motifs is 1. The average Bonchev–Trinajstić information content (AvgIpc) is 3.56. The Hall–Kier alpha value is -4.06. The molecule has 4 aromatic rings. The number of tetrazole rings is 1. The summed E-state index contributed by atoms with van der Waals surface area (Å²) in [5, 5.41) is 26.9. The number of amides is 1. The molecule has 0 radical (unpaired) electrons. The zero-order valence-electron chi connectivity index (χ0n) is 19.1. The van der Waals surface area contributed by atoms with Gasteiger partial charge in [0.1, 0.15) is 12.4 Å². The van der Waals surface area contributed by atoms with Crippen molar-refractivity contribution in [1.29, 1.82) is 0 Å². The van der Waals surface area contributed by atoms with Crippen LogP contribution in [0.25, 0.3) is 16.8 Å². The van der Waals surface area contributed by atoms with Crippen molar-refractivity contribution < 1.29 is 14.6 Å². The summed E-state index contributed by atoms with van der Waals surface area (Å²) in [4.78, 5) is 26.2. The summed E-state index contributed by atoms with van der Waals surface area (Å²) in [6, 6.07) is 14.8. The first-order valence-corrected chi connectivity index (χ1v) is 11.5. The van der Waals surface area contributed by atoms with E-state index in [0.29, 0.717) is 46.1 Å². The van der Waals surface area contributed by atoms with E-state index in [9.17, 15) is 14.7 Å². The Labute approximate surface area is 210 Å². The minimum absolute atomic E-state index is 0.279. The third-order valence-electron chi connectivity index (χ3n) is 5.97. The van der Waals surface area contributed by atoms with E-state index in [1.54, 1.807) is 42.5 Å². The van der Waals surface area contributed by atoms with Crippen LogP contribution in [0.15, 0.2) is 65.7 Å². The van der Waals surface area contributed by atoms with Gasteiger partial charge in [0.2, 0.25) is 12.3 Å². The van der Waals surface area contributed by atoms with Crippen LogP contribution in [0.4, 0.5) is 11.4 Å². The minimum atomic E-state index is -1.13. The smallest absolute Gasteiger partial charge is 0.252 e. The molecule has 2 aromatic heterocycles. The second-order valence-corrected chi connectivity index (χ2v) is 8.65. The Balaban J connectivity index is 1.39. The van der Waals surface area contributed by atoms with Crippen LogP contribution in [-0.2, 0) is 16.0 Å². The molecule has 0 spiro atoms. The van der Waals surface area contributed by atoms with E-state index >= 15 is 0 Å². The van der Waals surface area contributed by atoms with Gasteiger partial charge in [0.15, 0.2) is 0 Å². The second kappa shape index (κ2) is 9.90. The lowest BCUT2D eigenvalue weighted by Crippen LogP contribution is -2.31. The number of methoxy groups -OCH3 is 1. The number of aliphatic hydroxyl groups is 1. The number of anilines is 2. The zero-order valence-corrected chi connectivity index (χ0v) is 19.9. The first-order chi connectivity index (χ1) is 17.4. The molecule has 12 heteroatoms. The number of carbonyl (C=O) groups is 1. The lowest BCUT2D eigenvalue weighted by atomic mass is 10.0. The summed E-state index contributed by atoms with van der Waals surface area (Å²) < 4.78 is 7.79. The summed E-state index contributed by atoms with van der Waals surface area (Å²) in [5.74, 6) is -0.279. The van der Waals surface area contributed by atoms with Gasteiger partial charge in [-0.05, 0) is 77.4 Å². The molecule has 184 valence electrons. The SMILES string of the molecule is COC(O)Nc1ccc(NC(=O)C2CCc3cc(-c4cc(Cl)ccc4-n4cnnn4)cc(=O)n32)cc1. The molecule has 0 bridgehead atoms. The Bertz CT molecular complexity index is 1450. The quantitative estimate of drug-likeness (QED) is 0.325. The van der Waals surface area contributed by atoms with Gasteiger partial charge in [-0.25, -0.2) is 0 Å². The number of carbonyl (C=O) groups excluding carboxylic acids is 1. The van der Waals surface area contributed by atoms with E-state index in [1.807, 2.05) is 6.07 Å². The molecule has 3 N–H and O–H groups in total. The molecule has 0 fully saturated rings. The molecule has 2 atom stereocenters. The molecule has 1 amide bonds. The van der Waals surface area contributed by atoms with Crippen LogP contribution in [0, 0.1) is 0 Å². The number of halogens is 1. The minimum Gasteiger partial charge on any atom is -0.351 e. The van der Waals surface area contributed by atoms with E-state index in [1.165, 1.54) is 28.8 Å². The number of aliphatic hydroxyl groups excluding tert-OH is 1. The van der Waals surface area contributed by atoms with Crippen LogP contribution in [-0.4, -0.2) is 49.3 Å².